The summed E-state index contributed by atoms with van der Waals surface area (Å²) >= 11 is 7.35. The van der Waals surface area contributed by atoms with E-state index >= 15 is 0 Å². The lowest BCUT2D eigenvalue weighted by Gasteiger charge is -2.14. The fraction of sp³-hybridized carbons (Fsp3) is 0.304. The van der Waals surface area contributed by atoms with Crippen molar-refractivity contribution in [2.24, 2.45) is 0 Å². The summed E-state index contributed by atoms with van der Waals surface area (Å²) in [5.41, 5.74) is 1.61. The third-order valence-electron chi connectivity index (χ3n) is 5.27. The van der Waals surface area contributed by atoms with Gasteiger partial charge in [0, 0.05) is 11.6 Å². The number of fused-ring (bicyclic) bond motifs is 3. The first-order chi connectivity index (χ1) is 15.5. The van der Waals surface area contributed by atoms with Crippen LogP contribution in [0.25, 0.3) is 16.7 Å². The molecule has 2 heterocycles. The topological polar surface area (TPSA) is 81.3 Å². The van der Waals surface area contributed by atoms with Gasteiger partial charge >= 0.3 is 0 Å². The number of amides is 1. The quantitative estimate of drug-likeness (QED) is 0.385. The monoisotopic (exact) mass is 469 g/mol. The van der Waals surface area contributed by atoms with Gasteiger partial charge in [-0.05, 0) is 43.2 Å². The van der Waals surface area contributed by atoms with Crippen LogP contribution in [0.1, 0.15) is 38.3 Å². The highest BCUT2D eigenvalue weighted by molar-refractivity contribution is 7.99. The molecule has 0 saturated carbocycles. The number of benzene rings is 2. The number of carbonyl (C=O) groups excluding carboxylic acids is 1. The van der Waals surface area contributed by atoms with Gasteiger partial charge in [0.25, 0.3) is 5.56 Å². The first-order valence-corrected chi connectivity index (χ1v) is 11.9. The standard InChI is InChI=1S/C23H24ClN5O2S/c1-3-4-12-28-21(31)18-10-5-6-11-19(18)29-22(28)26-27-23(29)32-14-20(30)25-15(2)16-8-7-9-17(24)13-16/h5-11,13,15H,3-4,12,14H2,1-2H3,(H,25,30). The molecule has 4 rings (SSSR count). The largest absolute Gasteiger partial charge is 0.349 e. The number of thioether (sulfide) groups is 1. The van der Waals surface area contributed by atoms with Crippen LogP contribution in [-0.2, 0) is 11.3 Å². The summed E-state index contributed by atoms with van der Waals surface area (Å²) in [7, 11) is 0. The van der Waals surface area contributed by atoms with Crippen LogP contribution < -0.4 is 10.9 Å². The molecule has 0 saturated heterocycles. The van der Waals surface area contributed by atoms with E-state index < -0.39 is 0 Å². The van der Waals surface area contributed by atoms with Gasteiger partial charge in [-0.1, -0.05) is 61.0 Å². The molecule has 1 unspecified atom stereocenters. The molecule has 9 heteroatoms. The number of unbranched alkanes of at least 4 members (excludes halogenated alkanes) is 1. The maximum atomic E-state index is 13.0. The van der Waals surface area contributed by atoms with Gasteiger partial charge in [-0.3, -0.25) is 18.6 Å². The first-order valence-electron chi connectivity index (χ1n) is 10.5. The van der Waals surface area contributed by atoms with E-state index in [1.54, 1.807) is 10.6 Å². The van der Waals surface area contributed by atoms with Crippen LogP contribution in [0.4, 0.5) is 0 Å². The molecule has 0 fully saturated rings. The Kier molecular flexibility index (Phi) is 6.81. The first kappa shape index (κ1) is 22.4. The predicted molar refractivity (Wildman–Crippen MR) is 128 cm³/mol. The molecule has 0 radical (unpaired) electrons. The predicted octanol–water partition coefficient (Wildman–Crippen LogP) is 4.47. The van der Waals surface area contributed by atoms with E-state index in [4.69, 9.17) is 11.6 Å². The number of carbonyl (C=O) groups is 1. The Morgan fingerprint density at radius 2 is 2.00 bits per heavy atom. The molecule has 2 aromatic carbocycles. The van der Waals surface area contributed by atoms with Gasteiger partial charge in [-0.2, -0.15) is 0 Å². The summed E-state index contributed by atoms with van der Waals surface area (Å²) < 4.78 is 3.54. The van der Waals surface area contributed by atoms with Gasteiger partial charge in [-0.25, -0.2) is 0 Å². The molecule has 166 valence electrons. The van der Waals surface area contributed by atoms with Crippen molar-refractivity contribution in [1.29, 1.82) is 0 Å². The molecule has 0 aliphatic carbocycles. The zero-order valence-corrected chi connectivity index (χ0v) is 19.5. The molecule has 7 nitrogen and oxygen atoms in total. The molecule has 0 spiro atoms. The maximum Gasteiger partial charge on any atom is 0.262 e. The van der Waals surface area contributed by atoms with Crippen LogP contribution in [0.2, 0.25) is 5.02 Å². The Labute approximate surface area is 194 Å². The molecule has 32 heavy (non-hydrogen) atoms. The van der Waals surface area contributed by atoms with Gasteiger partial charge in [0.15, 0.2) is 5.16 Å². The Hall–Kier alpha value is -2.84. The smallest absolute Gasteiger partial charge is 0.262 e. The van der Waals surface area contributed by atoms with Gasteiger partial charge in [0.1, 0.15) is 0 Å². The molecular formula is C23H24ClN5O2S. The molecule has 4 aromatic rings. The SMILES string of the molecule is CCCCn1c(=O)c2ccccc2n2c(SCC(=O)NC(C)c3cccc(Cl)c3)nnc12. The van der Waals surface area contributed by atoms with Crippen molar-refractivity contribution in [3.05, 3.63) is 69.5 Å². The Bertz CT molecular complexity index is 1330. The number of para-hydroxylation sites is 1. The minimum atomic E-state index is -0.169. The molecule has 2 aromatic heterocycles. The van der Waals surface area contributed by atoms with E-state index in [9.17, 15) is 9.59 Å². The van der Waals surface area contributed by atoms with E-state index in [0.29, 0.717) is 27.9 Å². The van der Waals surface area contributed by atoms with Crippen LogP contribution >= 0.6 is 23.4 Å². The third kappa shape index (κ3) is 4.52. The minimum Gasteiger partial charge on any atom is -0.349 e. The van der Waals surface area contributed by atoms with E-state index in [1.165, 1.54) is 11.8 Å². The highest BCUT2D eigenvalue weighted by atomic mass is 35.5. The number of nitrogens with zero attached hydrogens (tertiary/aromatic N) is 4. The number of nitrogens with one attached hydrogen (secondary N) is 1. The zero-order chi connectivity index (χ0) is 22.7. The third-order valence-corrected chi connectivity index (χ3v) is 6.44. The molecular weight excluding hydrogens is 446 g/mol. The number of rotatable bonds is 8. The zero-order valence-electron chi connectivity index (χ0n) is 17.9. The lowest BCUT2D eigenvalue weighted by atomic mass is 10.1. The van der Waals surface area contributed by atoms with Crippen molar-refractivity contribution < 1.29 is 4.79 Å². The van der Waals surface area contributed by atoms with Crippen molar-refractivity contribution in [2.45, 2.75) is 44.4 Å². The van der Waals surface area contributed by atoms with E-state index in [-0.39, 0.29) is 23.3 Å². The lowest BCUT2D eigenvalue weighted by molar-refractivity contribution is -0.119. The summed E-state index contributed by atoms with van der Waals surface area (Å²) in [6.07, 6.45) is 1.83. The average Bonchev–Trinajstić information content (AvgIpc) is 3.21. The van der Waals surface area contributed by atoms with Crippen molar-refractivity contribution >= 4 is 46.0 Å². The minimum absolute atomic E-state index is 0.0708. The van der Waals surface area contributed by atoms with Crippen molar-refractivity contribution in [2.75, 3.05) is 5.75 Å². The molecule has 0 bridgehead atoms. The van der Waals surface area contributed by atoms with Crippen LogP contribution in [0.15, 0.2) is 58.5 Å². The number of hydrogen-bond donors (Lipinski definition) is 1. The molecule has 0 aliphatic heterocycles. The second kappa shape index (κ2) is 9.75. The van der Waals surface area contributed by atoms with Crippen molar-refractivity contribution in [3.8, 4) is 0 Å². The second-order valence-electron chi connectivity index (χ2n) is 7.58. The van der Waals surface area contributed by atoms with Crippen LogP contribution in [0.3, 0.4) is 0 Å². The average molecular weight is 470 g/mol. The summed E-state index contributed by atoms with van der Waals surface area (Å²) in [6.45, 7) is 4.57. The van der Waals surface area contributed by atoms with Gasteiger partial charge in [0.2, 0.25) is 11.7 Å². The fourth-order valence-corrected chi connectivity index (χ4v) is 4.57. The van der Waals surface area contributed by atoms with E-state index in [2.05, 4.69) is 22.4 Å². The molecule has 1 atom stereocenters. The van der Waals surface area contributed by atoms with Crippen LogP contribution in [-0.4, -0.2) is 30.8 Å². The Morgan fingerprint density at radius 1 is 1.19 bits per heavy atom. The summed E-state index contributed by atoms with van der Waals surface area (Å²) in [6, 6.07) is 14.7. The van der Waals surface area contributed by atoms with Gasteiger partial charge in [-0.15, -0.1) is 10.2 Å². The summed E-state index contributed by atoms with van der Waals surface area (Å²) in [4.78, 5) is 25.6. The number of halogens is 1. The molecule has 0 aliphatic rings. The Morgan fingerprint density at radius 3 is 2.78 bits per heavy atom. The lowest BCUT2D eigenvalue weighted by Crippen LogP contribution is -2.28. The fourth-order valence-electron chi connectivity index (χ4n) is 3.62. The van der Waals surface area contributed by atoms with E-state index in [1.807, 2.05) is 53.8 Å². The second-order valence-corrected chi connectivity index (χ2v) is 8.96. The Balaban J connectivity index is 1.59. The number of hydrogen-bond acceptors (Lipinski definition) is 5. The van der Waals surface area contributed by atoms with E-state index in [0.717, 1.165) is 23.9 Å². The maximum absolute atomic E-state index is 13.0. The molecule has 1 N–H and O–H groups in total. The van der Waals surface area contributed by atoms with Crippen LogP contribution in [0.5, 0.6) is 0 Å². The van der Waals surface area contributed by atoms with Crippen LogP contribution in [0, 0.1) is 0 Å². The van der Waals surface area contributed by atoms with Crippen molar-refractivity contribution in [3.63, 3.8) is 0 Å². The number of aromatic nitrogens is 4. The highest BCUT2D eigenvalue weighted by Crippen LogP contribution is 2.22. The normalized spacial score (nSPS) is 12.3. The van der Waals surface area contributed by atoms with Gasteiger partial charge in [0.05, 0.1) is 22.7 Å². The summed E-state index contributed by atoms with van der Waals surface area (Å²) in [5, 5.41) is 13.4. The summed E-state index contributed by atoms with van der Waals surface area (Å²) in [5.74, 6) is 0.550. The van der Waals surface area contributed by atoms with Crippen molar-refractivity contribution in [1.82, 2.24) is 24.5 Å². The number of aryl methyl sites for hydroxylation is 1. The highest BCUT2D eigenvalue weighted by Gasteiger charge is 2.18. The van der Waals surface area contributed by atoms with Gasteiger partial charge < -0.3 is 5.32 Å². The molecule has 1 amide bonds.